The van der Waals surface area contributed by atoms with E-state index >= 15 is 0 Å². The molecule has 0 rings (SSSR count). The molecule has 0 saturated heterocycles. The van der Waals surface area contributed by atoms with Gasteiger partial charge in [-0.15, -0.1) is 0 Å². The summed E-state index contributed by atoms with van der Waals surface area (Å²) < 4.78 is 0. The first-order valence-corrected chi connectivity index (χ1v) is 3.33. The lowest BCUT2D eigenvalue weighted by atomic mass is 10.0. The normalized spacial score (nSPS) is 19.0. The molecule has 3 atom stereocenters. The summed E-state index contributed by atoms with van der Waals surface area (Å²) >= 11 is 0. The molecule has 0 aliphatic heterocycles. The van der Waals surface area contributed by atoms with Crippen LogP contribution in [0.15, 0.2) is 0 Å². The molecule has 0 aliphatic rings. The van der Waals surface area contributed by atoms with Crippen LogP contribution in [0.5, 0.6) is 0 Å². The van der Waals surface area contributed by atoms with E-state index in [0.717, 1.165) is 0 Å². The zero-order valence-corrected chi connectivity index (χ0v) is 6.40. The number of Topliss-reactive ketones (excluding diaryl/α,β-unsaturated/α-hetero) is 1. The lowest BCUT2D eigenvalue weighted by Gasteiger charge is -2.20. The summed E-state index contributed by atoms with van der Waals surface area (Å²) in [6, 6.07) is -0.756. The third-order valence-electron chi connectivity index (χ3n) is 1.45. The van der Waals surface area contributed by atoms with Crippen LogP contribution in [0, 0.1) is 0 Å². The van der Waals surface area contributed by atoms with Crippen LogP contribution in [0.1, 0.15) is 6.92 Å². The Morgan fingerprint density at radius 3 is 2.27 bits per heavy atom. The van der Waals surface area contributed by atoms with Crippen molar-refractivity contribution in [2.75, 3.05) is 6.54 Å². The molecule has 0 aliphatic carbocycles. The lowest BCUT2D eigenvalue weighted by molar-refractivity contribution is -0.131. The highest BCUT2D eigenvalue weighted by molar-refractivity contribution is 5.80. The van der Waals surface area contributed by atoms with Crippen molar-refractivity contribution in [3.63, 3.8) is 0 Å². The molecule has 3 unspecified atom stereocenters. The Bertz CT molecular complexity index is 140. The zero-order valence-electron chi connectivity index (χ0n) is 6.40. The van der Waals surface area contributed by atoms with E-state index in [1.165, 1.54) is 6.92 Å². The van der Waals surface area contributed by atoms with E-state index in [4.69, 9.17) is 21.7 Å². The molecular formula is C6H14N2O3. The smallest absolute Gasteiger partial charge is 0.160 e. The Morgan fingerprint density at radius 1 is 1.55 bits per heavy atom. The number of hydrogen-bond acceptors (Lipinski definition) is 5. The van der Waals surface area contributed by atoms with Crippen LogP contribution in [0.2, 0.25) is 0 Å². The molecule has 0 bridgehead atoms. The Morgan fingerprint density at radius 2 is 2.00 bits per heavy atom. The van der Waals surface area contributed by atoms with Crippen LogP contribution < -0.4 is 11.5 Å². The third-order valence-corrected chi connectivity index (χ3v) is 1.45. The highest BCUT2D eigenvalue weighted by atomic mass is 16.3. The molecule has 66 valence electrons. The van der Waals surface area contributed by atoms with Gasteiger partial charge in [-0.25, -0.2) is 0 Å². The van der Waals surface area contributed by atoms with Crippen LogP contribution in [0.25, 0.3) is 0 Å². The van der Waals surface area contributed by atoms with Crippen molar-refractivity contribution < 1.29 is 15.0 Å². The van der Waals surface area contributed by atoms with Gasteiger partial charge in [0.1, 0.15) is 12.2 Å². The first-order chi connectivity index (χ1) is 5.00. The van der Waals surface area contributed by atoms with Crippen molar-refractivity contribution in [2.45, 2.75) is 25.2 Å². The molecule has 5 heteroatoms. The van der Waals surface area contributed by atoms with Gasteiger partial charge in [-0.05, 0) is 6.92 Å². The van der Waals surface area contributed by atoms with E-state index < -0.39 is 24.0 Å². The molecular weight excluding hydrogens is 148 g/mol. The predicted molar refractivity (Wildman–Crippen MR) is 39.7 cm³/mol. The van der Waals surface area contributed by atoms with Crippen LogP contribution in [-0.2, 0) is 4.79 Å². The average molecular weight is 162 g/mol. The predicted octanol–water partition coefficient (Wildman–Crippen LogP) is -2.42. The number of aliphatic hydroxyl groups excluding tert-OH is 2. The van der Waals surface area contributed by atoms with Crippen molar-refractivity contribution in [3.05, 3.63) is 0 Å². The fourth-order valence-electron chi connectivity index (χ4n) is 0.614. The van der Waals surface area contributed by atoms with E-state index in [9.17, 15) is 4.79 Å². The Labute approximate surface area is 65.0 Å². The highest BCUT2D eigenvalue weighted by Crippen LogP contribution is 1.97. The van der Waals surface area contributed by atoms with Crippen molar-refractivity contribution in [3.8, 4) is 0 Å². The van der Waals surface area contributed by atoms with Gasteiger partial charge in [0.25, 0.3) is 0 Å². The van der Waals surface area contributed by atoms with Crippen molar-refractivity contribution in [1.82, 2.24) is 0 Å². The van der Waals surface area contributed by atoms with Crippen molar-refractivity contribution in [2.24, 2.45) is 11.5 Å². The number of carbonyl (C=O) groups is 1. The molecule has 6 N–H and O–H groups in total. The van der Waals surface area contributed by atoms with Gasteiger partial charge in [0.2, 0.25) is 0 Å². The van der Waals surface area contributed by atoms with Gasteiger partial charge in [-0.3, -0.25) is 4.79 Å². The standard InChI is InChI=1S/C6H14N2O3/c1-3(9)5(10)6(11)4(8)2-7/h4-6,10-11H,2,7-8H2,1H3. The van der Waals surface area contributed by atoms with E-state index in [-0.39, 0.29) is 6.54 Å². The van der Waals surface area contributed by atoms with Gasteiger partial charge >= 0.3 is 0 Å². The van der Waals surface area contributed by atoms with Crippen LogP contribution in [0.4, 0.5) is 0 Å². The topological polar surface area (TPSA) is 110 Å². The van der Waals surface area contributed by atoms with Crippen LogP contribution in [0.3, 0.4) is 0 Å². The molecule has 0 spiro atoms. The molecule has 0 amide bonds. The summed E-state index contributed by atoms with van der Waals surface area (Å²) in [6.07, 6.45) is -2.69. The number of nitrogens with two attached hydrogens (primary N) is 2. The van der Waals surface area contributed by atoms with Gasteiger partial charge in [0.05, 0.1) is 0 Å². The van der Waals surface area contributed by atoms with Gasteiger partial charge in [0, 0.05) is 12.6 Å². The Hall–Kier alpha value is -0.490. The minimum Gasteiger partial charge on any atom is -0.388 e. The second kappa shape index (κ2) is 4.40. The maximum atomic E-state index is 10.5. The van der Waals surface area contributed by atoms with Crippen molar-refractivity contribution in [1.29, 1.82) is 0 Å². The molecule has 0 radical (unpaired) electrons. The molecule has 0 fully saturated rings. The average Bonchev–Trinajstić information content (AvgIpc) is 2.00. The minimum absolute atomic E-state index is 0.0332. The van der Waals surface area contributed by atoms with E-state index in [1.807, 2.05) is 0 Å². The molecule has 5 nitrogen and oxygen atoms in total. The molecule has 0 aromatic rings. The second-order valence-corrected chi connectivity index (χ2v) is 2.45. The Balaban J connectivity index is 4.00. The summed E-state index contributed by atoms with van der Waals surface area (Å²) in [4.78, 5) is 10.5. The van der Waals surface area contributed by atoms with Gasteiger partial charge < -0.3 is 21.7 Å². The Kier molecular flexibility index (Phi) is 4.20. The first-order valence-electron chi connectivity index (χ1n) is 3.33. The second-order valence-electron chi connectivity index (χ2n) is 2.45. The monoisotopic (exact) mass is 162 g/mol. The van der Waals surface area contributed by atoms with Gasteiger partial charge in [-0.1, -0.05) is 0 Å². The van der Waals surface area contributed by atoms with Gasteiger partial charge in [0.15, 0.2) is 5.78 Å². The molecule has 0 heterocycles. The molecule has 11 heavy (non-hydrogen) atoms. The van der Waals surface area contributed by atoms with Gasteiger partial charge in [-0.2, -0.15) is 0 Å². The number of aliphatic hydroxyl groups is 2. The van der Waals surface area contributed by atoms with Crippen molar-refractivity contribution >= 4 is 5.78 Å². The van der Waals surface area contributed by atoms with Crippen LogP contribution >= 0.6 is 0 Å². The molecule has 0 aromatic heterocycles. The number of rotatable bonds is 4. The van der Waals surface area contributed by atoms with E-state index in [1.54, 1.807) is 0 Å². The highest BCUT2D eigenvalue weighted by Gasteiger charge is 2.25. The summed E-state index contributed by atoms with van der Waals surface area (Å²) in [5.74, 6) is -0.513. The fraction of sp³-hybridized carbons (Fsp3) is 0.833. The minimum atomic E-state index is -1.42. The molecule has 0 aromatic carbocycles. The lowest BCUT2D eigenvalue weighted by Crippen LogP contribution is -2.49. The maximum Gasteiger partial charge on any atom is 0.160 e. The van der Waals surface area contributed by atoms with Crippen LogP contribution in [-0.4, -0.2) is 40.8 Å². The third kappa shape index (κ3) is 2.94. The molecule has 0 saturated carbocycles. The zero-order chi connectivity index (χ0) is 9.02. The summed E-state index contributed by atoms with van der Waals surface area (Å²) in [7, 11) is 0. The number of carbonyl (C=O) groups excluding carboxylic acids is 1. The van der Waals surface area contributed by atoms with E-state index in [0.29, 0.717) is 0 Å². The number of ketones is 1. The largest absolute Gasteiger partial charge is 0.388 e. The maximum absolute atomic E-state index is 10.5. The summed E-state index contributed by atoms with van der Waals surface area (Å²) in [5, 5.41) is 18.0. The van der Waals surface area contributed by atoms with E-state index in [2.05, 4.69) is 0 Å². The summed E-state index contributed by atoms with van der Waals surface area (Å²) in [5.41, 5.74) is 10.4. The first kappa shape index (κ1) is 10.5. The number of hydrogen-bond donors (Lipinski definition) is 4. The summed E-state index contributed by atoms with van der Waals surface area (Å²) in [6.45, 7) is 1.21. The quantitative estimate of drug-likeness (QED) is 0.368. The SMILES string of the molecule is CC(=O)C(O)C(O)C(N)CN. The fourth-order valence-corrected chi connectivity index (χ4v) is 0.614.